The van der Waals surface area contributed by atoms with Gasteiger partial charge >= 0.3 is 0 Å². The number of hydrogen-bond donors (Lipinski definition) is 2. The molecule has 5 nitrogen and oxygen atoms in total. The van der Waals surface area contributed by atoms with Gasteiger partial charge in [-0.1, -0.05) is 0 Å². The molecule has 1 aliphatic carbocycles. The first-order chi connectivity index (χ1) is 6.78. The van der Waals surface area contributed by atoms with E-state index in [9.17, 15) is 0 Å². The summed E-state index contributed by atoms with van der Waals surface area (Å²) in [4.78, 5) is 12.2. The van der Waals surface area contributed by atoms with Crippen LogP contribution in [0.3, 0.4) is 0 Å². The Morgan fingerprint density at radius 3 is 2.79 bits per heavy atom. The summed E-state index contributed by atoms with van der Waals surface area (Å²) in [5, 5.41) is 3.17. The van der Waals surface area contributed by atoms with E-state index in [1.807, 2.05) is 0 Å². The third-order valence-corrected chi connectivity index (χ3v) is 2.12. The molecule has 0 spiro atoms. The molecule has 0 atom stereocenters. The van der Waals surface area contributed by atoms with Crippen molar-refractivity contribution in [2.24, 2.45) is 0 Å². The van der Waals surface area contributed by atoms with Crippen LogP contribution in [-0.2, 0) is 6.42 Å². The molecule has 0 radical (unpaired) electrons. The number of nitrogen functional groups attached to an aromatic ring is 1. The molecular formula is C8H12ClN5. The second kappa shape index (κ2) is 3.96. The minimum Gasteiger partial charge on any atom is -0.368 e. The SMILES string of the molecule is Nc1nc(CCCl)nc(NC2CC2)n1. The molecule has 1 fully saturated rings. The number of nitrogens with zero attached hydrogens (tertiary/aromatic N) is 3. The van der Waals surface area contributed by atoms with Crippen molar-refractivity contribution in [3.63, 3.8) is 0 Å². The third kappa shape index (κ3) is 2.45. The minimum absolute atomic E-state index is 0.253. The maximum absolute atomic E-state index is 5.60. The molecule has 0 amide bonds. The van der Waals surface area contributed by atoms with Crippen LogP contribution < -0.4 is 11.1 Å². The number of rotatable bonds is 4. The van der Waals surface area contributed by atoms with Gasteiger partial charge in [-0.15, -0.1) is 11.6 Å². The molecule has 0 aliphatic heterocycles. The summed E-state index contributed by atoms with van der Waals surface area (Å²) < 4.78 is 0. The molecule has 0 unspecified atom stereocenters. The average Bonchev–Trinajstić information content (AvgIpc) is 2.87. The second-order valence-electron chi connectivity index (χ2n) is 3.29. The Balaban J connectivity index is 2.12. The highest BCUT2D eigenvalue weighted by atomic mass is 35.5. The Morgan fingerprint density at radius 1 is 1.36 bits per heavy atom. The molecule has 0 saturated heterocycles. The summed E-state index contributed by atoms with van der Waals surface area (Å²) in [6, 6.07) is 0.514. The Hall–Kier alpha value is -1.10. The number of hydrogen-bond acceptors (Lipinski definition) is 5. The van der Waals surface area contributed by atoms with E-state index in [2.05, 4.69) is 20.3 Å². The van der Waals surface area contributed by atoms with E-state index in [0.29, 0.717) is 30.1 Å². The molecule has 1 aliphatic rings. The lowest BCUT2D eigenvalue weighted by atomic mass is 10.4. The van der Waals surface area contributed by atoms with Gasteiger partial charge in [-0.05, 0) is 12.8 Å². The molecule has 76 valence electrons. The molecule has 0 aromatic carbocycles. The lowest BCUT2D eigenvalue weighted by molar-refractivity contribution is 0.902. The fourth-order valence-corrected chi connectivity index (χ4v) is 1.28. The summed E-state index contributed by atoms with van der Waals surface area (Å²) in [5.41, 5.74) is 5.54. The first kappa shape index (κ1) is 9.45. The minimum atomic E-state index is 0.253. The summed E-state index contributed by atoms with van der Waals surface area (Å²) in [7, 11) is 0. The average molecular weight is 214 g/mol. The Morgan fingerprint density at radius 2 is 2.14 bits per heavy atom. The standard InChI is InChI=1S/C8H12ClN5/c9-4-3-6-12-7(10)14-8(13-6)11-5-1-2-5/h5H,1-4H2,(H3,10,11,12,13,14). The van der Waals surface area contributed by atoms with E-state index in [4.69, 9.17) is 17.3 Å². The van der Waals surface area contributed by atoms with Crippen LogP contribution in [0.2, 0.25) is 0 Å². The smallest absolute Gasteiger partial charge is 0.227 e. The highest BCUT2D eigenvalue weighted by molar-refractivity contribution is 6.17. The van der Waals surface area contributed by atoms with Crippen molar-refractivity contribution in [2.75, 3.05) is 16.9 Å². The van der Waals surface area contributed by atoms with Crippen molar-refractivity contribution in [2.45, 2.75) is 25.3 Å². The molecule has 6 heteroatoms. The van der Waals surface area contributed by atoms with Gasteiger partial charge in [-0.3, -0.25) is 0 Å². The first-order valence-corrected chi connectivity index (χ1v) is 5.14. The van der Waals surface area contributed by atoms with Crippen LogP contribution in [0.15, 0.2) is 0 Å². The Labute approximate surface area is 87.1 Å². The van der Waals surface area contributed by atoms with Crippen LogP contribution in [0.4, 0.5) is 11.9 Å². The highest BCUT2D eigenvalue weighted by Crippen LogP contribution is 2.22. The van der Waals surface area contributed by atoms with Crippen molar-refractivity contribution in [1.29, 1.82) is 0 Å². The summed E-state index contributed by atoms with van der Waals surface area (Å²) in [6.07, 6.45) is 2.97. The van der Waals surface area contributed by atoms with E-state index in [-0.39, 0.29) is 5.95 Å². The number of alkyl halides is 1. The molecule has 1 aromatic heterocycles. The van der Waals surface area contributed by atoms with E-state index in [0.717, 1.165) is 0 Å². The fraction of sp³-hybridized carbons (Fsp3) is 0.625. The van der Waals surface area contributed by atoms with E-state index in [1.54, 1.807) is 0 Å². The van der Waals surface area contributed by atoms with E-state index in [1.165, 1.54) is 12.8 Å². The predicted molar refractivity (Wildman–Crippen MR) is 55.3 cm³/mol. The zero-order valence-corrected chi connectivity index (χ0v) is 8.46. The molecule has 0 bridgehead atoms. The summed E-state index contributed by atoms with van der Waals surface area (Å²) in [5.74, 6) is 1.96. The van der Waals surface area contributed by atoms with Crippen molar-refractivity contribution in [1.82, 2.24) is 15.0 Å². The Bertz CT molecular complexity index is 326. The number of aromatic nitrogens is 3. The van der Waals surface area contributed by atoms with Gasteiger partial charge in [-0.2, -0.15) is 15.0 Å². The molecule has 3 N–H and O–H groups in total. The zero-order chi connectivity index (χ0) is 9.97. The number of anilines is 2. The van der Waals surface area contributed by atoms with Crippen LogP contribution >= 0.6 is 11.6 Å². The normalized spacial score (nSPS) is 15.5. The van der Waals surface area contributed by atoms with Gasteiger partial charge in [0.15, 0.2) is 0 Å². The number of halogens is 1. The van der Waals surface area contributed by atoms with Gasteiger partial charge in [0.2, 0.25) is 11.9 Å². The summed E-state index contributed by atoms with van der Waals surface area (Å²) in [6.45, 7) is 0. The van der Waals surface area contributed by atoms with E-state index < -0.39 is 0 Å². The molecule has 1 heterocycles. The maximum atomic E-state index is 5.60. The predicted octanol–water partition coefficient (Wildman–Crippen LogP) is 0.809. The number of aryl methyl sites for hydroxylation is 1. The highest BCUT2D eigenvalue weighted by Gasteiger charge is 2.22. The van der Waals surface area contributed by atoms with Crippen molar-refractivity contribution in [3.8, 4) is 0 Å². The number of nitrogens with one attached hydrogen (secondary N) is 1. The topological polar surface area (TPSA) is 76.7 Å². The van der Waals surface area contributed by atoms with Crippen LogP contribution in [0.5, 0.6) is 0 Å². The fourth-order valence-electron chi connectivity index (χ4n) is 1.11. The van der Waals surface area contributed by atoms with Crippen LogP contribution in [0.1, 0.15) is 18.7 Å². The second-order valence-corrected chi connectivity index (χ2v) is 3.67. The first-order valence-electron chi connectivity index (χ1n) is 4.61. The maximum Gasteiger partial charge on any atom is 0.227 e. The summed E-state index contributed by atoms with van der Waals surface area (Å²) >= 11 is 5.60. The van der Waals surface area contributed by atoms with Gasteiger partial charge in [-0.25, -0.2) is 0 Å². The van der Waals surface area contributed by atoms with Crippen LogP contribution in [-0.4, -0.2) is 26.9 Å². The molecule has 1 aromatic rings. The van der Waals surface area contributed by atoms with Crippen LogP contribution in [0, 0.1) is 0 Å². The molecule has 14 heavy (non-hydrogen) atoms. The molecule has 1 saturated carbocycles. The molecule has 2 rings (SSSR count). The quantitative estimate of drug-likeness (QED) is 0.724. The monoisotopic (exact) mass is 213 g/mol. The van der Waals surface area contributed by atoms with E-state index >= 15 is 0 Å². The van der Waals surface area contributed by atoms with Gasteiger partial charge in [0.05, 0.1) is 0 Å². The lowest BCUT2D eigenvalue weighted by Gasteiger charge is -2.04. The van der Waals surface area contributed by atoms with Gasteiger partial charge < -0.3 is 11.1 Å². The van der Waals surface area contributed by atoms with Gasteiger partial charge in [0.25, 0.3) is 0 Å². The number of nitrogens with two attached hydrogens (primary N) is 1. The zero-order valence-electron chi connectivity index (χ0n) is 7.70. The van der Waals surface area contributed by atoms with Crippen molar-refractivity contribution >= 4 is 23.5 Å². The third-order valence-electron chi connectivity index (χ3n) is 1.93. The van der Waals surface area contributed by atoms with Gasteiger partial charge in [0, 0.05) is 18.3 Å². The van der Waals surface area contributed by atoms with Crippen LogP contribution in [0.25, 0.3) is 0 Å². The van der Waals surface area contributed by atoms with Crippen molar-refractivity contribution < 1.29 is 0 Å². The Kier molecular flexibility index (Phi) is 2.67. The largest absolute Gasteiger partial charge is 0.368 e. The van der Waals surface area contributed by atoms with Gasteiger partial charge in [0.1, 0.15) is 5.82 Å². The van der Waals surface area contributed by atoms with Crippen molar-refractivity contribution in [3.05, 3.63) is 5.82 Å². The lowest BCUT2D eigenvalue weighted by Crippen LogP contribution is -2.11. The molecular weight excluding hydrogens is 202 g/mol.